The molecule has 2 unspecified atom stereocenters. The predicted molar refractivity (Wildman–Crippen MR) is 213 cm³/mol. The Morgan fingerprint density at radius 2 is 0.927 bits per heavy atom. The summed E-state index contributed by atoms with van der Waals surface area (Å²) in [4.78, 5) is 24.3. The van der Waals surface area contributed by atoms with Crippen LogP contribution < -0.4 is 9.47 Å². The lowest BCUT2D eigenvalue weighted by molar-refractivity contribution is -0.143. The molecule has 1 aliphatic rings. The highest BCUT2D eigenvalue weighted by Crippen LogP contribution is 2.62. The van der Waals surface area contributed by atoms with Crippen LogP contribution in [0.1, 0.15) is 36.1 Å². The smallest absolute Gasteiger partial charge is 0.333 e. The highest BCUT2D eigenvalue weighted by atomic mass is 16.6. The molecule has 2 N–H and O–H groups in total. The maximum absolute atomic E-state index is 12.1. The van der Waals surface area contributed by atoms with Crippen molar-refractivity contribution in [2.24, 2.45) is 0 Å². The van der Waals surface area contributed by atoms with E-state index in [1.54, 1.807) is 13.8 Å². The number of hydrogen-bond donors (Lipinski definition) is 2. The number of aliphatic hydroxyl groups is 2. The van der Waals surface area contributed by atoms with Gasteiger partial charge in [0.1, 0.15) is 50.1 Å². The average molecular weight is 735 g/mol. The first-order chi connectivity index (χ1) is 26.6. The van der Waals surface area contributed by atoms with Crippen LogP contribution in [0.15, 0.2) is 146 Å². The van der Waals surface area contributed by atoms with E-state index in [1.807, 2.05) is 72.8 Å². The summed E-state index contributed by atoms with van der Waals surface area (Å²) in [5.41, 5.74) is 5.10. The highest BCUT2D eigenvalue weighted by Gasteiger charge is 2.51. The molecule has 0 bridgehead atoms. The van der Waals surface area contributed by atoms with E-state index in [4.69, 9.17) is 18.9 Å². The van der Waals surface area contributed by atoms with Gasteiger partial charge >= 0.3 is 11.9 Å². The van der Waals surface area contributed by atoms with Crippen LogP contribution >= 0.6 is 0 Å². The molecule has 2 atom stereocenters. The SMILES string of the molecule is C=C(C)C(=O)OCC(O)COc1ccc2ccccc2c1C1(c2c(OCC(O)COC(=O)C(=C)C)ccc3ccccc23)c2ccccc2-c2ccccc21. The van der Waals surface area contributed by atoms with Gasteiger partial charge in [0.25, 0.3) is 0 Å². The minimum absolute atomic E-state index is 0.165. The highest BCUT2D eigenvalue weighted by molar-refractivity contribution is 6.01. The number of carbonyl (C=O) groups excluding carboxylic acids is 2. The molecule has 1 aliphatic carbocycles. The van der Waals surface area contributed by atoms with Gasteiger partial charge in [-0.25, -0.2) is 9.59 Å². The Kier molecular flexibility index (Phi) is 10.5. The van der Waals surface area contributed by atoms with Crippen molar-refractivity contribution in [1.82, 2.24) is 0 Å². The van der Waals surface area contributed by atoms with Crippen LogP contribution in [0.25, 0.3) is 32.7 Å². The summed E-state index contributed by atoms with van der Waals surface area (Å²) in [6, 6.07) is 40.6. The zero-order valence-corrected chi connectivity index (χ0v) is 30.8. The summed E-state index contributed by atoms with van der Waals surface area (Å²) in [5, 5.41) is 25.8. The summed E-state index contributed by atoms with van der Waals surface area (Å²) in [6.07, 6.45) is -2.25. The molecule has 8 heteroatoms. The Labute approximate surface area is 319 Å². The first-order valence-corrected chi connectivity index (χ1v) is 18.1. The fourth-order valence-corrected chi connectivity index (χ4v) is 7.47. The van der Waals surface area contributed by atoms with Crippen molar-refractivity contribution < 1.29 is 38.7 Å². The Balaban J connectivity index is 1.48. The second-order valence-electron chi connectivity index (χ2n) is 13.8. The molecule has 55 heavy (non-hydrogen) atoms. The van der Waals surface area contributed by atoms with Crippen molar-refractivity contribution in [3.8, 4) is 22.6 Å². The number of esters is 2. The van der Waals surface area contributed by atoms with Gasteiger partial charge < -0.3 is 29.2 Å². The minimum Gasteiger partial charge on any atom is -0.490 e. The van der Waals surface area contributed by atoms with Crippen molar-refractivity contribution in [3.05, 3.63) is 168 Å². The number of rotatable bonds is 14. The van der Waals surface area contributed by atoms with Gasteiger partial charge in [0.15, 0.2) is 0 Å². The molecule has 0 radical (unpaired) electrons. The van der Waals surface area contributed by atoms with Crippen LogP contribution in [-0.4, -0.2) is 60.8 Å². The standard InChI is InChI=1S/C47H42O8/c1-29(2)45(50)54-27-33(48)25-52-41-23-21-31-13-5-7-15-35(31)43(41)47(39-19-11-9-17-37(39)38-18-10-12-20-40(38)47)44-36-16-8-6-14-32(36)22-24-42(44)53-26-34(49)28-55-46(51)30(3)4/h5-24,33-34,48-49H,1,3,25-28H2,2,4H3. The topological polar surface area (TPSA) is 112 Å². The molecular weight excluding hydrogens is 693 g/mol. The van der Waals surface area contributed by atoms with Crippen LogP contribution in [-0.2, 0) is 24.5 Å². The van der Waals surface area contributed by atoms with Crippen molar-refractivity contribution in [2.45, 2.75) is 31.5 Å². The summed E-state index contributed by atoms with van der Waals surface area (Å²) < 4.78 is 23.7. The van der Waals surface area contributed by atoms with Crippen LogP contribution in [0.5, 0.6) is 11.5 Å². The van der Waals surface area contributed by atoms with Gasteiger partial charge in [-0.15, -0.1) is 0 Å². The molecule has 0 aromatic heterocycles. The first kappa shape index (κ1) is 37.1. The molecule has 6 aromatic rings. The fraction of sp³-hybridized carbons (Fsp3) is 0.191. The van der Waals surface area contributed by atoms with Crippen LogP contribution in [0.3, 0.4) is 0 Å². The quantitative estimate of drug-likeness (QED) is 0.0853. The number of carbonyl (C=O) groups is 2. The normalized spacial score (nSPS) is 13.7. The van der Waals surface area contributed by atoms with Crippen molar-refractivity contribution in [1.29, 1.82) is 0 Å². The minimum atomic E-state index is -1.13. The van der Waals surface area contributed by atoms with Gasteiger partial charge in [0.05, 0.1) is 5.41 Å². The number of ether oxygens (including phenoxy) is 4. The Hall–Kier alpha value is -6.22. The molecule has 8 nitrogen and oxygen atoms in total. The zero-order chi connectivity index (χ0) is 38.7. The van der Waals surface area contributed by atoms with Gasteiger partial charge in [-0.1, -0.05) is 122 Å². The molecule has 7 rings (SSSR count). The van der Waals surface area contributed by atoms with E-state index in [1.165, 1.54) is 0 Å². The lowest BCUT2D eigenvalue weighted by Crippen LogP contribution is -2.32. The molecule has 0 spiro atoms. The van der Waals surface area contributed by atoms with Gasteiger partial charge in [-0.05, 0) is 69.8 Å². The molecule has 0 fully saturated rings. The summed E-state index contributed by atoms with van der Waals surface area (Å²) in [5.74, 6) is -0.153. The average Bonchev–Trinajstić information content (AvgIpc) is 3.50. The largest absolute Gasteiger partial charge is 0.490 e. The fourth-order valence-electron chi connectivity index (χ4n) is 7.47. The molecule has 6 aromatic carbocycles. The monoisotopic (exact) mass is 734 g/mol. The molecule has 278 valence electrons. The van der Waals surface area contributed by atoms with E-state index in [-0.39, 0.29) is 37.6 Å². The second kappa shape index (κ2) is 15.6. The van der Waals surface area contributed by atoms with E-state index < -0.39 is 29.6 Å². The molecular formula is C47H42O8. The van der Waals surface area contributed by atoms with E-state index in [9.17, 15) is 19.8 Å². The van der Waals surface area contributed by atoms with E-state index >= 15 is 0 Å². The third-order valence-electron chi connectivity index (χ3n) is 9.86. The van der Waals surface area contributed by atoms with Crippen molar-refractivity contribution in [2.75, 3.05) is 26.4 Å². The van der Waals surface area contributed by atoms with Gasteiger partial charge in [0.2, 0.25) is 0 Å². The van der Waals surface area contributed by atoms with Gasteiger partial charge in [0, 0.05) is 22.3 Å². The molecule has 0 heterocycles. The number of hydrogen-bond acceptors (Lipinski definition) is 8. The van der Waals surface area contributed by atoms with Gasteiger partial charge in [-0.2, -0.15) is 0 Å². The van der Waals surface area contributed by atoms with Crippen LogP contribution in [0.2, 0.25) is 0 Å². The lowest BCUT2D eigenvalue weighted by Gasteiger charge is -2.38. The number of aliphatic hydroxyl groups excluding tert-OH is 2. The predicted octanol–water partition coefficient (Wildman–Crippen LogP) is 8.07. The molecule has 0 amide bonds. The Bertz CT molecular complexity index is 2280. The van der Waals surface area contributed by atoms with E-state index in [0.717, 1.165) is 54.9 Å². The van der Waals surface area contributed by atoms with Crippen LogP contribution in [0.4, 0.5) is 0 Å². The van der Waals surface area contributed by atoms with Crippen molar-refractivity contribution >= 4 is 33.5 Å². The molecule has 0 saturated heterocycles. The lowest BCUT2D eigenvalue weighted by atomic mass is 9.64. The zero-order valence-electron chi connectivity index (χ0n) is 30.8. The Morgan fingerprint density at radius 3 is 1.35 bits per heavy atom. The third-order valence-corrected chi connectivity index (χ3v) is 9.86. The van der Waals surface area contributed by atoms with Gasteiger partial charge in [-0.3, -0.25) is 0 Å². The summed E-state index contributed by atoms with van der Waals surface area (Å²) in [6.45, 7) is 9.48. The number of benzene rings is 6. The first-order valence-electron chi connectivity index (χ1n) is 18.1. The molecule has 0 saturated carbocycles. The maximum Gasteiger partial charge on any atom is 0.333 e. The maximum atomic E-state index is 12.1. The van der Waals surface area contributed by atoms with Crippen molar-refractivity contribution in [3.63, 3.8) is 0 Å². The second-order valence-corrected chi connectivity index (χ2v) is 13.8. The van der Waals surface area contributed by atoms with E-state index in [0.29, 0.717) is 11.5 Å². The number of fused-ring (bicyclic) bond motifs is 5. The molecule has 0 aliphatic heterocycles. The van der Waals surface area contributed by atoms with Crippen LogP contribution in [0, 0.1) is 0 Å². The Morgan fingerprint density at radius 1 is 0.545 bits per heavy atom. The summed E-state index contributed by atoms with van der Waals surface area (Å²) >= 11 is 0. The summed E-state index contributed by atoms with van der Waals surface area (Å²) in [7, 11) is 0. The van der Waals surface area contributed by atoms with E-state index in [2.05, 4.69) is 61.7 Å². The third kappa shape index (κ3) is 6.98.